The molecule has 0 saturated carbocycles. The van der Waals surface area contributed by atoms with Crippen molar-refractivity contribution >= 4 is 11.4 Å². The third kappa shape index (κ3) is 7.31. The summed E-state index contributed by atoms with van der Waals surface area (Å²) < 4.78 is 81.8. The first kappa shape index (κ1) is 26.2. The highest BCUT2D eigenvalue weighted by Crippen LogP contribution is 2.35. The van der Waals surface area contributed by atoms with Gasteiger partial charge in [0.2, 0.25) is 0 Å². The van der Waals surface area contributed by atoms with Crippen LogP contribution in [-0.2, 0) is 0 Å². The van der Waals surface area contributed by atoms with Gasteiger partial charge >= 0.3 is 12.4 Å². The molecule has 0 aliphatic rings. The first-order chi connectivity index (χ1) is 16.4. The second-order valence-corrected chi connectivity index (χ2v) is 8.33. The van der Waals surface area contributed by atoms with Crippen LogP contribution in [0.4, 0.5) is 37.7 Å². The van der Waals surface area contributed by atoms with Gasteiger partial charge in [-0.3, -0.25) is 0 Å². The zero-order valence-electron chi connectivity index (χ0n) is 19.5. The fourth-order valence-electron chi connectivity index (χ4n) is 3.94. The summed E-state index contributed by atoms with van der Waals surface area (Å²) in [6.07, 6.45) is -8.64. The number of nitrogens with zero attached hydrogens (tertiary/aromatic N) is 2. The Morgan fingerprint density at radius 3 is 1.20 bits per heavy atom. The zero-order valence-corrected chi connectivity index (χ0v) is 19.5. The van der Waals surface area contributed by atoms with E-state index >= 15 is 0 Å². The van der Waals surface area contributed by atoms with Crippen molar-refractivity contribution in [1.29, 1.82) is 0 Å². The van der Waals surface area contributed by atoms with Crippen molar-refractivity contribution in [3.05, 3.63) is 89.5 Å². The van der Waals surface area contributed by atoms with Gasteiger partial charge in [0.25, 0.3) is 0 Å². The summed E-state index contributed by atoms with van der Waals surface area (Å²) in [6.45, 7) is -2.14. The predicted octanol–water partition coefficient (Wildman–Crippen LogP) is 6.87. The van der Waals surface area contributed by atoms with Crippen LogP contribution >= 0.6 is 0 Å². The summed E-state index contributed by atoms with van der Waals surface area (Å²) in [5.74, 6) is 0.380. The van der Waals surface area contributed by atoms with Gasteiger partial charge in [0, 0.05) is 31.4 Å². The Bertz CT molecular complexity index is 1010. The van der Waals surface area contributed by atoms with Gasteiger partial charge in [0.1, 0.15) is 18.8 Å². The van der Waals surface area contributed by atoms with Gasteiger partial charge in [-0.2, -0.15) is 26.3 Å². The summed E-state index contributed by atoms with van der Waals surface area (Å²) in [4.78, 5) is 2.24. The second kappa shape index (κ2) is 10.5. The highest BCUT2D eigenvalue weighted by Gasteiger charge is 2.30. The largest absolute Gasteiger partial charge is 0.497 e. The minimum absolute atomic E-state index is 0.287. The van der Waals surface area contributed by atoms with Crippen molar-refractivity contribution in [2.45, 2.75) is 18.3 Å². The van der Waals surface area contributed by atoms with Crippen molar-refractivity contribution in [3.63, 3.8) is 0 Å². The van der Waals surface area contributed by atoms with Crippen LogP contribution in [0.1, 0.15) is 22.6 Å². The molecule has 3 aromatic rings. The summed E-state index contributed by atoms with van der Waals surface area (Å²) in [6, 6.07) is 21.0. The molecule has 0 fully saturated rings. The van der Waals surface area contributed by atoms with E-state index in [1.54, 1.807) is 67.8 Å². The molecule has 35 heavy (non-hydrogen) atoms. The Morgan fingerprint density at radius 1 is 0.600 bits per heavy atom. The lowest BCUT2D eigenvalue weighted by atomic mass is 9.85. The fraction of sp³-hybridized carbons (Fsp3) is 0.308. The number of ether oxygens (including phenoxy) is 1. The highest BCUT2D eigenvalue weighted by atomic mass is 19.4. The van der Waals surface area contributed by atoms with E-state index in [1.165, 1.54) is 14.1 Å². The van der Waals surface area contributed by atoms with E-state index in [0.29, 0.717) is 17.1 Å². The molecule has 3 rings (SSSR count). The smallest absolute Gasteiger partial charge is 0.405 e. The molecule has 0 saturated heterocycles. The third-order valence-corrected chi connectivity index (χ3v) is 5.62. The van der Waals surface area contributed by atoms with Crippen molar-refractivity contribution in [2.75, 3.05) is 44.1 Å². The molecule has 188 valence electrons. The van der Waals surface area contributed by atoms with E-state index in [0.717, 1.165) is 26.5 Å². The number of methoxy groups -OCH3 is 1. The maximum absolute atomic E-state index is 12.8. The van der Waals surface area contributed by atoms with Gasteiger partial charge in [-0.1, -0.05) is 36.4 Å². The van der Waals surface area contributed by atoms with Crippen molar-refractivity contribution in [1.82, 2.24) is 0 Å². The predicted molar refractivity (Wildman–Crippen MR) is 125 cm³/mol. The lowest BCUT2D eigenvalue weighted by Crippen LogP contribution is -2.30. The van der Waals surface area contributed by atoms with E-state index in [4.69, 9.17) is 4.74 Å². The van der Waals surface area contributed by atoms with Gasteiger partial charge < -0.3 is 14.5 Å². The minimum Gasteiger partial charge on any atom is -0.497 e. The molecule has 0 spiro atoms. The Balaban J connectivity index is 1.94. The highest BCUT2D eigenvalue weighted by molar-refractivity contribution is 5.54. The van der Waals surface area contributed by atoms with Crippen LogP contribution in [0.3, 0.4) is 0 Å². The molecule has 0 N–H and O–H groups in total. The van der Waals surface area contributed by atoms with Gasteiger partial charge in [-0.05, 0) is 53.1 Å². The molecular weight excluding hydrogens is 470 g/mol. The molecule has 0 unspecified atom stereocenters. The number of hydrogen-bond acceptors (Lipinski definition) is 3. The molecule has 0 aliphatic carbocycles. The molecule has 0 aliphatic heterocycles. The van der Waals surface area contributed by atoms with Crippen LogP contribution in [0.5, 0.6) is 5.75 Å². The van der Waals surface area contributed by atoms with E-state index in [-0.39, 0.29) is 5.92 Å². The topological polar surface area (TPSA) is 15.7 Å². The van der Waals surface area contributed by atoms with E-state index in [1.807, 2.05) is 12.1 Å². The standard InChI is InChI=1S/C26H26F6N2O/c1-33(16-25(27,28)29)21-10-4-18(5-11-21)24(20-8-14-23(35-3)15-9-20)19-6-12-22(13-7-19)34(2)17-26(30,31)32/h4-15,24H,16-17H2,1-3H3. The van der Waals surface area contributed by atoms with Crippen LogP contribution < -0.4 is 14.5 Å². The van der Waals surface area contributed by atoms with E-state index < -0.39 is 25.4 Å². The van der Waals surface area contributed by atoms with Crippen LogP contribution in [0.2, 0.25) is 0 Å². The maximum atomic E-state index is 12.8. The molecule has 0 atom stereocenters. The Morgan fingerprint density at radius 2 is 0.914 bits per heavy atom. The van der Waals surface area contributed by atoms with Gasteiger partial charge in [0.15, 0.2) is 0 Å². The molecule has 9 heteroatoms. The number of rotatable bonds is 8. The third-order valence-electron chi connectivity index (χ3n) is 5.62. The van der Waals surface area contributed by atoms with Crippen LogP contribution in [0.15, 0.2) is 72.8 Å². The monoisotopic (exact) mass is 496 g/mol. The van der Waals surface area contributed by atoms with Crippen LogP contribution in [0.25, 0.3) is 0 Å². The number of anilines is 2. The van der Waals surface area contributed by atoms with Crippen molar-refractivity contribution in [3.8, 4) is 5.75 Å². The van der Waals surface area contributed by atoms with Crippen molar-refractivity contribution in [2.24, 2.45) is 0 Å². The summed E-state index contributed by atoms with van der Waals surface area (Å²) in [7, 11) is 4.30. The molecule has 3 aromatic carbocycles. The molecule has 0 heterocycles. The second-order valence-electron chi connectivity index (χ2n) is 8.33. The van der Waals surface area contributed by atoms with E-state index in [2.05, 4.69) is 0 Å². The first-order valence-corrected chi connectivity index (χ1v) is 10.8. The molecular formula is C26H26F6N2O. The summed E-state index contributed by atoms with van der Waals surface area (Å²) >= 11 is 0. The number of benzene rings is 3. The molecule has 3 nitrogen and oxygen atoms in total. The number of halogens is 6. The lowest BCUT2D eigenvalue weighted by Gasteiger charge is -2.24. The number of hydrogen-bond donors (Lipinski definition) is 0. The minimum atomic E-state index is -4.32. The molecule has 0 aromatic heterocycles. The zero-order chi connectivity index (χ0) is 25.8. The normalized spacial score (nSPS) is 12.1. The van der Waals surface area contributed by atoms with Crippen LogP contribution in [-0.4, -0.2) is 46.6 Å². The van der Waals surface area contributed by atoms with E-state index in [9.17, 15) is 26.3 Å². The Labute approximate surface area is 200 Å². The molecule has 0 amide bonds. The SMILES string of the molecule is COc1ccc(C(c2ccc(N(C)CC(F)(F)F)cc2)c2ccc(N(C)CC(F)(F)F)cc2)cc1. The molecule has 0 bridgehead atoms. The average molecular weight is 496 g/mol. The quantitative estimate of drug-likeness (QED) is 0.250. The Kier molecular flexibility index (Phi) is 7.87. The van der Waals surface area contributed by atoms with Gasteiger partial charge in [-0.15, -0.1) is 0 Å². The summed E-state index contributed by atoms with van der Waals surface area (Å²) in [5.41, 5.74) is 3.40. The maximum Gasteiger partial charge on any atom is 0.405 e. The average Bonchev–Trinajstić information content (AvgIpc) is 2.78. The first-order valence-electron chi connectivity index (χ1n) is 10.8. The fourth-order valence-corrected chi connectivity index (χ4v) is 3.94. The van der Waals surface area contributed by atoms with Gasteiger partial charge in [0.05, 0.1) is 7.11 Å². The molecule has 0 radical (unpaired) electrons. The van der Waals surface area contributed by atoms with Crippen LogP contribution in [0, 0.1) is 0 Å². The number of alkyl halides is 6. The Hall–Kier alpha value is -3.36. The summed E-state index contributed by atoms with van der Waals surface area (Å²) in [5, 5.41) is 0. The lowest BCUT2D eigenvalue weighted by molar-refractivity contribution is -0.120. The van der Waals surface area contributed by atoms with Gasteiger partial charge in [-0.25, -0.2) is 0 Å². The van der Waals surface area contributed by atoms with Crippen molar-refractivity contribution < 1.29 is 31.1 Å².